The van der Waals surface area contributed by atoms with Gasteiger partial charge in [-0.3, -0.25) is 14.3 Å². The van der Waals surface area contributed by atoms with Gasteiger partial charge in [0.05, 0.1) is 12.2 Å². The van der Waals surface area contributed by atoms with Crippen molar-refractivity contribution in [2.45, 2.75) is 25.4 Å². The number of nitrogens with zero attached hydrogens (tertiary/aromatic N) is 4. The van der Waals surface area contributed by atoms with E-state index in [-0.39, 0.29) is 18.5 Å². The van der Waals surface area contributed by atoms with Gasteiger partial charge < -0.3 is 5.32 Å². The lowest BCUT2D eigenvalue weighted by molar-refractivity contribution is -0.124. The summed E-state index contributed by atoms with van der Waals surface area (Å²) in [4.78, 5) is 25.0. The Labute approximate surface area is 202 Å². The van der Waals surface area contributed by atoms with E-state index in [1.807, 2.05) is 6.07 Å². The molecule has 172 valence electrons. The molecule has 34 heavy (non-hydrogen) atoms. The van der Waals surface area contributed by atoms with Crippen LogP contribution >= 0.6 is 11.8 Å². The summed E-state index contributed by atoms with van der Waals surface area (Å²) in [6.07, 6.45) is 0.634. The number of benzene rings is 3. The van der Waals surface area contributed by atoms with Crippen molar-refractivity contribution < 1.29 is 9.59 Å². The van der Waals surface area contributed by atoms with Gasteiger partial charge in [0.15, 0.2) is 5.16 Å². The maximum atomic E-state index is 11.9. The summed E-state index contributed by atoms with van der Waals surface area (Å²) in [5.74, 6) is 1.19. The van der Waals surface area contributed by atoms with Crippen LogP contribution in [0.25, 0.3) is 16.5 Å². The number of aromatic nitrogens is 3. The van der Waals surface area contributed by atoms with Gasteiger partial charge in [0.2, 0.25) is 5.91 Å². The standard InChI is InChI=1S/C26H25N5O2S/c1-17-10-11-22(18(2)14-17)31-23(15-20-8-5-7-19-6-3-4-9-21(19)20)28-29-26(31)34-13-12-30-24(32)16-27-25(30)33/h3-11,14H,12-13,15-16H2,1-2H3,(H,27,33). The first kappa shape index (κ1) is 22.2. The van der Waals surface area contributed by atoms with Crippen LogP contribution in [-0.2, 0) is 11.2 Å². The maximum Gasteiger partial charge on any atom is 0.324 e. The quantitative estimate of drug-likeness (QED) is 0.322. The topological polar surface area (TPSA) is 80.1 Å². The van der Waals surface area contributed by atoms with Crippen LogP contribution in [0, 0.1) is 13.8 Å². The predicted molar refractivity (Wildman–Crippen MR) is 133 cm³/mol. The number of hydrogen-bond acceptors (Lipinski definition) is 5. The van der Waals surface area contributed by atoms with Gasteiger partial charge in [-0.15, -0.1) is 10.2 Å². The summed E-state index contributed by atoms with van der Waals surface area (Å²) in [5.41, 5.74) is 4.54. The third-order valence-corrected chi connectivity index (χ3v) is 6.91. The molecule has 0 radical (unpaired) electrons. The molecule has 1 N–H and O–H groups in total. The molecule has 3 amide bonds. The van der Waals surface area contributed by atoms with Crippen LogP contribution in [0.2, 0.25) is 0 Å². The van der Waals surface area contributed by atoms with Gasteiger partial charge in [-0.25, -0.2) is 4.79 Å². The van der Waals surface area contributed by atoms with E-state index in [0.717, 1.165) is 22.2 Å². The molecule has 1 saturated heterocycles. The van der Waals surface area contributed by atoms with Gasteiger partial charge in [-0.1, -0.05) is 71.9 Å². The molecule has 0 saturated carbocycles. The highest BCUT2D eigenvalue weighted by atomic mass is 32.2. The largest absolute Gasteiger partial charge is 0.329 e. The third kappa shape index (κ3) is 4.28. The molecule has 3 aromatic carbocycles. The number of rotatable bonds is 7. The van der Waals surface area contributed by atoms with E-state index >= 15 is 0 Å². The van der Waals surface area contributed by atoms with E-state index in [9.17, 15) is 9.59 Å². The van der Waals surface area contributed by atoms with Crippen LogP contribution in [0.1, 0.15) is 22.5 Å². The van der Waals surface area contributed by atoms with Crippen LogP contribution in [0.4, 0.5) is 4.79 Å². The van der Waals surface area contributed by atoms with Crippen LogP contribution < -0.4 is 5.32 Å². The summed E-state index contributed by atoms with van der Waals surface area (Å²) in [6.45, 7) is 4.56. The number of nitrogens with one attached hydrogen (secondary N) is 1. The number of thioether (sulfide) groups is 1. The number of fused-ring (bicyclic) bond motifs is 1. The third-order valence-electron chi connectivity index (χ3n) is 6.01. The minimum absolute atomic E-state index is 0.0669. The first-order chi connectivity index (χ1) is 16.5. The summed E-state index contributed by atoms with van der Waals surface area (Å²) < 4.78 is 2.10. The first-order valence-electron chi connectivity index (χ1n) is 11.2. The van der Waals surface area contributed by atoms with Crippen molar-refractivity contribution in [3.8, 4) is 5.69 Å². The summed E-state index contributed by atoms with van der Waals surface area (Å²) in [7, 11) is 0. The molecule has 1 aliphatic rings. The van der Waals surface area contributed by atoms with Gasteiger partial charge in [0, 0.05) is 18.7 Å². The second kappa shape index (κ2) is 9.30. The number of amides is 3. The SMILES string of the molecule is Cc1ccc(-n2c(Cc3cccc4ccccc34)nnc2SCCN2C(=O)CNC2=O)c(C)c1. The molecule has 1 fully saturated rings. The fourth-order valence-corrected chi connectivity index (χ4v) is 5.22. The van der Waals surface area contributed by atoms with Crippen molar-refractivity contribution in [2.24, 2.45) is 0 Å². The Morgan fingerprint density at radius 2 is 1.82 bits per heavy atom. The van der Waals surface area contributed by atoms with Gasteiger partial charge in [-0.2, -0.15) is 0 Å². The molecule has 1 aliphatic heterocycles. The summed E-state index contributed by atoms with van der Waals surface area (Å²) >= 11 is 1.50. The molecule has 0 atom stereocenters. The average molecular weight is 472 g/mol. The van der Waals surface area contributed by atoms with Crippen molar-refractivity contribution in [3.05, 3.63) is 83.2 Å². The Morgan fingerprint density at radius 3 is 2.62 bits per heavy atom. The monoisotopic (exact) mass is 471 g/mol. The van der Waals surface area contributed by atoms with Crippen molar-refractivity contribution in [2.75, 3.05) is 18.8 Å². The van der Waals surface area contributed by atoms with Gasteiger partial charge in [-0.05, 0) is 41.8 Å². The van der Waals surface area contributed by atoms with E-state index < -0.39 is 0 Å². The van der Waals surface area contributed by atoms with Crippen LogP contribution in [0.15, 0.2) is 65.8 Å². The van der Waals surface area contributed by atoms with E-state index in [2.05, 4.69) is 88.5 Å². The zero-order valence-electron chi connectivity index (χ0n) is 19.1. The molecule has 0 unspecified atom stereocenters. The van der Waals surface area contributed by atoms with E-state index in [1.54, 1.807) is 0 Å². The Balaban J connectivity index is 1.48. The van der Waals surface area contributed by atoms with E-state index in [4.69, 9.17) is 0 Å². The lowest BCUT2D eigenvalue weighted by Gasteiger charge is -2.15. The van der Waals surface area contributed by atoms with Crippen molar-refractivity contribution in [1.82, 2.24) is 25.0 Å². The van der Waals surface area contributed by atoms with Gasteiger partial charge in [0.25, 0.3) is 0 Å². The van der Waals surface area contributed by atoms with E-state index in [1.165, 1.54) is 38.6 Å². The highest BCUT2D eigenvalue weighted by molar-refractivity contribution is 7.99. The van der Waals surface area contributed by atoms with Gasteiger partial charge >= 0.3 is 6.03 Å². The second-order valence-electron chi connectivity index (χ2n) is 8.39. The summed E-state index contributed by atoms with van der Waals surface area (Å²) in [5, 5.41) is 14.8. The minimum Gasteiger partial charge on any atom is -0.329 e. The van der Waals surface area contributed by atoms with Crippen molar-refractivity contribution in [1.29, 1.82) is 0 Å². The lowest BCUT2D eigenvalue weighted by Crippen LogP contribution is -2.32. The average Bonchev–Trinajstić information content (AvgIpc) is 3.37. The number of carbonyl (C=O) groups excluding carboxylic acids is 2. The molecule has 4 aromatic rings. The molecule has 0 spiro atoms. The Morgan fingerprint density at radius 1 is 1.00 bits per heavy atom. The molecule has 1 aromatic heterocycles. The van der Waals surface area contributed by atoms with Crippen molar-refractivity contribution >= 4 is 34.5 Å². The van der Waals surface area contributed by atoms with Crippen LogP contribution in [-0.4, -0.2) is 50.4 Å². The molecule has 0 bridgehead atoms. The molecule has 8 heteroatoms. The number of hydrogen-bond donors (Lipinski definition) is 1. The maximum absolute atomic E-state index is 11.9. The summed E-state index contributed by atoms with van der Waals surface area (Å²) in [6, 6.07) is 20.7. The second-order valence-corrected chi connectivity index (χ2v) is 9.45. The highest BCUT2D eigenvalue weighted by Gasteiger charge is 2.28. The molecule has 0 aliphatic carbocycles. The molecular formula is C26H25N5O2S. The Kier molecular flexibility index (Phi) is 6.06. The van der Waals surface area contributed by atoms with Crippen LogP contribution in [0.5, 0.6) is 0 Å². The number of urea groups is 1. The normalized spacial score (nSPS) is 13.6. The number of imide groups is 1. The first-order valence-corrected chi connectivity index (χ1v) is 12.2. The highest BCUT2D eigenvalue weighted by Crippen LogP contribution is 2.28. The molecule has 2 heterocycles. The van der Waals surface area contributed by atoms with E-state index in [0.29, 0.717) is 18.7 Å². The minimum atomic E-state index is -0.335. The zero-order valence-corrected chi connectivity index (χ0v) is 19.9. The van der Waals surface area contributed by atoms with Crippen LogP contribution in [0.3, 0.4) is 0 Å². The fourth-order valence-electron chi connectivity index (χ4n) is 4.33. The van der Waals surface area contributed by atoms with Crippen molar-refractivity contribution in [3.63, 3.8) is 0 Å². The lowest BCUT2D eigenvalue weighted by atomic mass is 10.0. The zero-order chi connectivity index (χ0) is 23.7. The fraction of sp³-hybridized carbons (Fsp3) is 0.231. The Bertz CT molecular complexity index is 1380. The molecular weight excluding hydrogens is 446 g/mol. The smallest absolute Gasteiger partial charge is 0.324 e. The molecule has 7 nitrogen and oxygen atoms in total. The van der Waals surface area contributed by atoms with Gasteiger partial charge in [0.1, 0.15) is 5.82 Å². The Hall–Kier alpha value is -3.65. The number of carbonyl (C=O) groups is 2. The number of aryl methyl sites for hydroxylation is 2. The predicted octanol–water partition coefficient (Wildman–Crippen LogP) is 4.27. The molecule has 5 rings (SSSR count).